The number of carbonyl (C=O) groups excluding carboxylic acids is 4. The normalized spacial score (nSPS) is 22.7. The van der Waals surface area contributed by atoms with Crippen LogP contribution in [0.2, 0.25) is 5.02 Å². The zero-order valence-electron chi connectivity index (χ0n) is 20.7. The first-order valence-corrected chi connectivity index (χ1v) is 12.8. The van der Waals surface area contributed by atoms with Gasteiger partial charge in [0.2, 0.25) is 11.5 Å². The van der Waals surface area contributed by atoms with Crippen LogP contribution in [-0.4, -0.2) is 41.9 Å². The molecule has 0 radical (unpaired) electrons. The van der Waals surface area contributed by atoms with Gasteiger partial charge in [0.25, 0.3) is 5.91 Å². The lowest BCUT2D eigenvalue weighted by molar-refractivity contribution is -0.136. The summed E-state index contributed by atoms with van der Waals surface area (Å²) < 4.78 is 5.53. The van der Waals surface area contributed by atoms with Gasteiger partial charge in [-0.3, -0.25) is 14.9 Å². The van der Waals surface area contributed by atoms with Crippen molar-refractivity contribution in [3.05, 3.63) is 64.2 Å². The predicted molar refractivity (Wildman–Crippen MR) is 137 cm³/mol. The van der Waals surface area contributed by atoms with Gasteiger partial charge in [0.05, 0.1) is 0 Å². The van der Waals surface area contributed by atoms with Gasteiger partial charge in [0.15, 0.2) is 0 Å². The quantitative estimate of drug-likeness (QED) is 0.500. The third kappa shape index (κ3) is 4.87. The first kappa shape index (κ1) is 25.1. The molecule has 3 N–H and O–H groups in total. The molecule has 1 saturated carbocycles. The van der Waals surface area contributed by atoms with Gasteiger partial charge in [0, 0.05) is 48.7 Å². The summed E-state index contributed by atoms with van der Waals surface area (Å²) >= 11 is 6.05. The summed E-state index contributed by atoms with van der Waals surface area (Å²) in [6, 6.07) is 12.2. The van der Waals surface area contributed by atoms with E-state index in [1.54, 1.807) is 18.2 Å². The Hall–Kier alpha value is -3.59. The summed E-state index contributed by atoms with van der Waals surface area (Å²) in [6.07, 6.45) is 1.66. The van der Waals surface area contributed by atoms with E-state index < -0.39 is 23.6 Å². The number of benzene rings is 2. The van der Waals surface area contributed by atoms with E-state index in [0.717, 1.165) is 18.4 Å². The monoisotopic (exact) mass is 524 g/mol. The summed E-state index contributed by atoms with van der Waals surface area (Å²) in [5.41, 5.74) is 1.26. The first-order valence-electron chi connectivity index (χ1n) is 12.4. The number of urea groups is 1. The molecule has 2 unspecified atom stereocenters. The third-order valence-electron chi connectivity index (χ3n) is 7.60. The van der Waals surface area contributed by atoms with Gasteiger partial charge in [-0.1, -0.05) is 29.8 Å². The maximum absolute atomic E-state index is 13.8. The fraction of sp³-hybridized carbons (Fsp3) is 0.407. The molecule has 5 amide bonds. The Morgan fingerprint density at radius 1 is 1.19 bits per heavy atom. The average Bonchev–Trinajstić information content (AvgIpc) is 3.62. The highest BCUT2D eigenvalue weighted by Crippen LogP contribution is 2.51. The molecule has 0 aromatic heterocycles. The summed E-state index contributed by atoms with van der Waals surface area (Å²) in [5.74, 6) is -0.505. The van der Waals surface area contributed by atoms with E-state index in [2.05, 4.69) is 22.9 Å². The van der Waals surface area contributed by atoms with Gasteiger partial charge >= 0.3 is 12.1 Å². The molecule has 9 nitrogen and oxygen atoms in total. The van der Waals surface area contributed by atoms with E-state index in [1.165, 1.54) is 7.05 Å². The molecular weight excluding hydrogens is 496 g/mol. The lowest BCUT2D eigenvalue weighted by Gasteiger charge is -2.31. The largest absolute Gasteiger partial charge is 0.427 e. The van der Waals surface area contributed by atoms with Crippen LogP contribution in [0.25, 0.3) is 0 Å². The molecule has 1 spiro atoms. The van der Waals surface area contributed by atoms with Crippen molar-refractivity contribution in [2.24, 2.45) is 5.92 Å². The number of amides is 5. The Balaban J connectivity index is 1.44. The van der Waals surface area contributed by atoms with Crippen molar-refractivity contribution >= 4 is 41.2 Å². The van der Waals surface area contributed by atoms with Crippen molar-refractivity contribution in [2.45, 2.75) is 56.7 Å². The van der Waals surface area contributed by atoms with Crippen LogP contribution in [-0.2, 0) is 26.5 Å². The van der Waals surface area contributed by atoms with Gasteiger partial charge in [-0.05, 0) is 67.0 Å². The average molecular weight is 525 g/mol. The summed E-state index contributed by atoms with van der Waals surface area (Å²) in [5, 5.41) is 8.11. The van der Waals surface area contributed by atoms with Crippen LogP contribution < -0.4 is 16.0 Å². The standard InChI is InChI=1S/C27H29ClN4O5/c1-15(17-5-6-17)32(14-16-3-7-19(28)8-4-16)23(33)11-18-13-27(24(34)31-26(36)37-27)22-10-9-20(12-21(18)22)30-25(35)29-2/h3-4,7-10,12,15,17-18H,5-6,11,13-14H2,1-2H3,(H2,29,30,35)(H,31,34,36)/t15?,18?,27-/m1/s1. The van der Waals surface area contributed by atoms with Crippen LogP contribution in [0.5, 0.6) is 0 Å². The molecule has 2 fully saturated rings. The van der Waals surface area contributed by atoms with Crippen molar-refractivity contribution < 1.29 is 23.9 Å². The van der Waals surface area contributed by atoms with Gasteiger partial charge in [-0.15, -0.1) is 0 Å². The highest BCUT2D eigenvalue weighted by Gasteiger charge is 2.57. The highest BCUT2D eigenvalue weighted by molar-refractivity contribution is 6.30. The van der Waals surface area contributed by atoms with Crippen LogP contribution in [0.1, 0.15) is 55.2 Å². The molecule has 1 aliphatic heterocycles. The van der Waals surface area contributed by atoms with Crippen molar-refractivity contribution in [3.63, 3.8) is 0 Å². The Bertz CT molecular complexity index is 1260. The fourth-order valence-electron chi connectivity index (χ4n) is 5.43. The van der Waals surface area contributed by atoms with E-state index in [0.29, 0.717) is 34.3 Å². The fourth-order valence-corrected chi connectivity index (χ4v) is 5.56. The van der Waals surface area contributed by atoms with Crippen molar-refractivity contribution in [2.75, 3.05) is 12.4 Å². The zero-order chi connectivity index (χ0) is 26.3. The van der Waals surface area contributed by atoms with Crippen molar-refractivity contribution in [3.8, 4) is 0 Å². The lowest BCUT2D eigenvalue weighted by atomic mass is 9.93. The van der Waals surface area contributed by atoms with Crippen LogP contribution in [0, 0.1) is 5.92 Å². The van der Waals surface area contributed by atoms with Crippen LogP contribution >= 0.6 is 11.6 Å². The number of nitrogens with zero attached hydrogens (tertiary/aromatic N) is 1. The summed E-state index contributed by atoms with van der Waals surface area (Å²) in [6.45, 7) is 2.53. The number of anilines is 1. The third-order valence-corrected chi connectivity index (χ3v) is 7.85. The van der Waals surface area contributed by atoms with Gasteiger partial charge < -0.3 is 20.3 Å². The molecule has 2 aliphatic carbocycles. The van der Waals surface area contributed by atoms with Gasteiger partial charge in [-0.2, -0.15) is 0 Å². The molecule has 3 atom stereocenters. The molecule has 2 aromatic carbocycles. The second-order valence-corrected chi connectivity index (χ2v) is 10.4. The Morgan fingerprint density at radius 3 is 2.54 bits per heavy atom. The SMILES string of the molecule is CNC(=O)Nc1ccc2c(c1)C(CC(=O)N(Cc1ccc(Cl)cc1)C(C)C1CC1)C[C@@]21OC(=O)NC1=O. The molecule has 0 bridgehead atoms. The number of rotatable bonds is 7. The van der Waals surface area contributed by atoms with E-state index >= 15 is 0 Å². The minimum Gasteiger partial charge on any atom is -0.427 e. The van der Waals surface area contributed by atoms with Crippen LogP contribution in [0.15, 0.2) is 42.5 Å². The maximum atomic E-state index is 13.8. The number of imide groups is 1. The van der Waals surface area contributed by atoms with E-state index in [1.807, 2.05) is 29.2 Å². The second kappa shape index (κ2) is 9.70. The number of carbonyl (C=O) groups is 4. The summed E-state index contributed by atoms with van der Waals surface area (Å²) in [4.78, 5) is 52.5. The Morgan fingerprint density at radius 2 is 1.92 bits per heavy atom. The molecule has 1 heterocycles. The maximum Gasteiger partial charge on any atom is 0.415 e. The van der Waals surface area contributed by atoms with Crippen LogP contribution in [0.3, 0.4) is 0 Å². The summed E-state index contributed by atoms with van der Waals surface area (Å²) in [7, 11) is 1.51. The number of halogens is 1. The van der Waals surface area contributed by atoms with Gasteiger partial charge in [-0.25, -0.2) is 9.59 Å². The van der Waals surface area contributed by atoms with E-state index in [9.17, 15) is 19.2 Å². The number of alkyl carbamates (subject to hydrolysis) is 1. The Labute approximate surface area is 219 Å². The van der Waals surface area contributed by atoms with Crippen molar-refractivity contribution in [1.82, 2.24) is 15.5 Å². The topological polar surface area (TPSA) is 117 Å². The smallest absolute Gasteiger partial charge is 0.415 e. The predicted octanol–water partition coefficient (Wildman–Crippen LogP) is 4.26. The highest BCUT2D eigenvalue weighted by atomic mass is 35.5. The van der Waals surface area contributed by atoms with Gasteiger partial charge in [0.1, 0.15) is 0 Å². The molecular formula is C27H29ClN4O5. The molecule has 3 aliphatic rings. The van der Waals surface area contributed by atoms with Crippen LogP contribution in [0.4, 0.5) is 15.3 Å². The zero-order valence-corrected chi connectivity index (χ0v) is 21.4. The second-order valence-electron chi connectivity index (χ2n) is 10.0. The minimum absolute atomic E-state index is 0.0447. The molecule has 1 saturated heterocycles. The molecule has 2 aromatic rings. The number of fused-ring (bicyclic) bond motifs is 2. The van der Waals surface area contributed by atoms with E-state index in [-0.39, 0.29) is 30.7 Å². The lowest BCUT2D eigenvalue weighted by Crippen LogP contribution is -2.40. The molecule has 10 heteroatoms. The molecule has 5 rings (SSSR count). The molecule has 194 valence electrons. The number of hydrogen-bond acceptors (Lipinski definition) is 5. The first-order chi connectivity index (χ1) is 17.7. The Kier molecular flexibility index (Phi) is 6.58. The van der Waals surface area contributed by atoms with Crippen molar-refractivity contribution in [1.29, 1.82) is 0 Å². The number of nitrogens with one attached hydrogen (secondary N) is 3. The number of hydrogen-bond donors (Lipinski definition) is 3. The minimum atomic E-state index is -1.48. The number of ether oxygens (including phenoxy) is 1. The van der Waals surface area contributed by atoms with E-state index in [4.69, 9.17) is 16.3 Å². The molecule has 37 heavy (non-hydrogen) atoms.